The molecule has 7 N–H and O–H groups in total. The second kappa shape index (κ2) is 16.0. The van der Waals surface area contributed by atoms with Gasteiger partial charge < -0.3 is 40.7 Å². The van der Waals surface area contributed by atoms with E-state index in [4.69, 9.17) is 20.3 Å². The Labute approximate surface area is 296 Å². The summed E-state index contributed by atoms with van der Waals surface area (Å²) >= 11 is 1.46. The van der Waals surface area contributed by atoms with E-state index in [0.717, 1.165) is 56.9 Å². The van der Waals surface area contributed by atoms with E-state index < -0.39 is 37.1 Å². The fraction of sp³-hybridized carbons (Fsp3) is 0.333. The molecule has 14 nitrogen and oxygen atoms in total. The number of aromatic hydroxyl groups is 2. The van der Waals surface area contributed by atoms with Gasteiger partial charge in [0.2, 0.25) is 5.82 Å². The number of aliphatic hydroxyl groups excluding tert-OH is 3. The van der Waals surface area contributed by atoms with E-state index in [1.165, 1.54) is 30.6 Å². The lowest BCUT2D eigenvalue weighted by atomic mass is 9.97. The number of thiophene rings is 1. The smallest absolute Gasteiger partial charge is 0.288 e. The van der Waals surface area contributed by atoms with Crippen molar-refractivity contribution in [2.24, 2.45) is 5.73 Å². The minimum Gasteiger partial charge on any atom is -0.508 e. The summed E-state index contributed by atoms with van der Waals surface area (Å²) in [4.78, 5) is 31.3. The number of aliphatic hydroxyl groups is 3. The summed E-state index contributed by atoms with van der Waals surface area (Å²) in [6.07, 6.45) is 0.585. The van der Waals surface area contributed by atoms with Crippen molar-refractivity contribution in [3.63, 3.8) is 0 Å². The Bertz CT molecular complexity index is 1960. The minimum atomic E-state index is -1.27. The molecule has 4 heterocycles. The van der Waals surface area contributed by atoms with E-state index in [1.807, 2.05) is 24.3 Å². The Balaban J connectivity index is 0.000000221. The second-order valence-corrected chi connectivity index (χ2v) is 13.3. The van der Waals surface area contributed by atoms with Crippen LogP contribution in [0, 0.1) is 0 Å². The number of phenolic OH excluding ortho intramolecular Hbond substituents is 2. The van der Waals surface area contributed by atoms with Crippen LogP contribution in [0.4, 0.5) is 0 Å². The summed E-state index contributed by atoms with van der Waals surface area (Å²) in [7, 11) is 0. The molecule has 7 rings (SSSR count). The molecule has 0 aliphatic carbocycles. The van der Waals surface area contributed by atoms with Crippen LogP contribution >= 0.6 is 11.3 Å². The van der Waals surface area contributed by atoms with Crippen LogP contribution in [0.25, 0.3) is 20.5 Å². The molecule has 1 amide bonds. The van der Waals surface area contributed by atoms with Crippen LogP contribution < -0.4 is 10.5 Å². The summed E-state index contributed by atoms with van der Waals surface area (Å²) in [5.74, 6) is -0.0205. The van der Waals surface area contributed by atoms with Gasteiger partial charge in [-0.15, -0.1) is 16.4 Å². The third-order valence-electron chi connectivity index (χ3n) is 8.78. The molecule has 2 aliphatic rings. The van der Waals surface area contributed by atoms with Gasteiger partial charge >= 0.3 is 0 Å². The van der Waals surface area contributed by atoms with Crippen LogP contribution in [0.1, 0.15) is 52.0 Å². The molecule has 0 spiro atoms. The first-order valence-corrected chi connectivity index (χ1v) is 17.3. The number of rotatable bonds is 10. The van der Waals surface area contributed by atoms with E-state index in [2.05, 4.69) is 15.0 Å². The van der Waals surface area contributed by atoms with Crippen molar-refractivity contribution < 1.29 is 44.6 Å². The lowest BCUT2D eigenvalue weighted by Gasteiger charge is -2.26. The van der Waals surface area contributed by atoms with Crippen molar-refractivity contribution in [3.8, 4) is 27.7 Å². The van der Waals surface area contributed by atoms with Crippen LogP contribution in [0.3, 0.4) is 0 Å². The fourth-order valence-corrected chi connectivity index (χ4v) is 7.30. The van der Waals surface area contributed by atoms with Gasteiger partial charge in [0.15, 0.2) is 12.0 Å². The lowest BCUT2D eigenvalue weighted by Crippen LogP contribution is -2.33. The molecular weight excluding hydrogens is 678 g/mol. The third kappa shape index (κ3) is 8.20. The summed E-state index contributed by atoms with van der Waals surface area (Å²) in [5.41, 5.74) is 7.00. The van der Waals surface area contributed by atoms with E-state index >= 15 is 0 Å². The minimum absolute atomic E-state index is 0.0834. The molecular formula is C36H39N5O9S. The number of nitrogens with zero attached hydrogens (tertiary/aromatic N) is 4. The highest BCUT2D eigenvalue weighted by molar-refractivity contribution is 7.22. The number of benzene rings is 3. The number of carbonyl (C=O) groups is 2. The molecule has 0 unspecified atom stereocenters. The first-order valence-electron chi connectivity index (χ1n) is 16.5. The van der Waals surface area contributed by atoms with Crippen molar-refractivity contribution in [1.82, 2.24) is 19.7 Å². The number of hydrogen-bond acceptors (Lipinski definition) is 13. The molecule has 2 aromatic heterocycles. The number of ketones is 1. The van der Waals surface area contributed by atoms with E-state index in [0.29, 0.717) is 17.7 Å². The lowest BCUT2D eigenvalue weighted by molar-refractivity contribution is -0.0588. The number of primary amides is 1. The van der Waals surface area contributed by atoms with Crippen molar-refractivity contribution >= 4 is 33.1 Å². The van der Waals surface area contributed by atoms with Crippen molar-refractivity contribution in [3.05, 3.63) is 90.0 Å². The number of hydrogen-bond donors (Lipinski definition) is 6. The van der Waals surface area contributed by atoms with Crippen molar-refractivity contribution in [2.45, 2.75) is 43.8 Å². The molecule has 0 bridgehead atoms. The molecule has 0 radical (unpaired) electrons. The van der Waals surface area contributed by atoms with Crippen LogP contribution in [0.5, 0.6) is 17.2 Å². The number of nitrogens with two attached hydrogens (primary N) is 1. The molecule has 2 aliphatic heterocycles. The molecule has 2 fully saturated rings. The number of aromatic nitrogens is 3. The highest BCUT2D eigenvalue weighted by Gasteiger charge is 2.44. The van der Waals surface area contributed by atoms with E-state index in [9.17, 15) is 30.0 Å². The Hall–Kier alpha value is -4.90. The predicted molar refractivity (Wildman–Crippen MR) is 188 cm³/mol. The maximum absolute atomic E-state index is 13.6. The molecule has 3 aromatic carbocycles. The van der Waals surface area contributed by atoms with Crippen LogP contribution in [-0.4, -0.2) is 108 Å². The number of amides is 1. The summed E-state index contributed by atoms with van der Waals surface area (Å²) < 4.78 is 13.0. The Kier molecular flexibility index (Phi) is 11.2. The molecule has 5 aromatic rings. The van der Waals surface area contributed by atoms with Gasteiger partial charge in [0.1, 0.15) is 48.5 Å². The summed E-state index contributed by atoms with van der Waals surface area (Å²) in [6, 6.07) is 19.2. The second-order valence-electron chi connectivity index (χ2n) is 12.3. The topological polar surface area (TPSA) is 214 Å². The average Bonchev–Trinajstić information content (AvgIpc) is 3.85. The number of fused-ring (bicyclic) bond motifs is 1. The first kappa shape index (κ1) is 35.9. The van der Waals surface area contributed by atoms with Crippen LogP contribution in [-0.2, 0) is 4.74 Å². The van der Waals surface area contributed by atoms with Gasteiger partial charge in [-0.2, -0.15) is 0 Å². The molecule has 51 heavy (non-hydrogen) atoms. The van der Waals surface area contributed by atoms with E-state index in [1.54, 1.807) is 42.5 Å². The Morgan fingerprint density at radius 1 is 0.941 bits per heavy atom. The standard InChI is InChI=1S/C28H27NO4S.C8H12N4O5/c30-21-8-4-20(5-9-21)28-26(24-13-10-22(31)18-25(24)34-28)27(32)19-6-11-23(12-7-19)33-17-16-29-14-2-1-3-15-29;9-6(16)7-10-2-12(11-7)8-5(15)4(14)3(1-13)17-8/h4-13,18,30-31H,1-3,14-17H2;2-5,8,13-15H,1H2,(H2,9,16)/t;3-,4-,5-,8-/m.1/s1. The summed E-state index contributed by atoms with van der Waals surface area (Å²) in [5, 5.41) is 52.2. The van der Waals surface area contributed by atoms with Crippen LogP contribution in [0.2, 0.25) is 0 Å². The molecule has 15 heteroatoms. The maximum atomic E-state index is 13.6. The monoisotopic (exact) mass is 717 g/mol. The molecule has 0 saturated carbocycles. The zero-order valence-corrected chi connectivity index (χ0v) is 28.4. The normalized spacial score (nSPS) is 20.5. The largest absolute Gasteiger partial charge is 0.508 e. The van der Waals surface area contributed by atoms with Gasteiger partial charge in [0.05, 0.1) is 6.61 Å². The predicted octanol–water partition coefficient (Wildman–Crippen LogP) is 3.06. The zero-order chi connectivity index (χ0) is 36.1. The van der Waals surface area contributed by atoms with Gasteiger partial charge in [-0.25, -0.2) is 9.67 Å². The maximum Gasteiger partial charge on any atom is 0.288 e. The number of phenols is 2. The Morgan fingerprint density at radius 2 is 1.65 bits per heavy atom. The van der Waals surface area contributed by atoms with Crippen LogP contribution in [0.15, 0.2) is 73.1 Å². The molecule has 268 valence electrons. The number of ether oxygens (including phenoxy) is 2. The highest BCUT2D eigenvalue weighted by atomic mass is 32.1. The van der Waals surface area contributed by atoms with Gasteiger partial charge in [0, 0.05) is 32.6 Å². The number of carbonyl (C=O) groups excluding carboxylic acids is 2. The quantitative estimate of drug-likeness (QED) is 0.115. The Morgan fingerprint density at radius 3 is 2.29 bits per heavy atom. The fourth-order valence-electron chi connectivity index (χ4n) is 6.06. The zero-order valence-electron chi connectivity index (χ0n) is 27.5. The SMILES string of the molecule is NC(=O)c1ncn([C@@H]2O[C@H](CO)[C@@H](O)[C@H]2O)n1.O=C(c1ccc(OCCN2CCCCC2)cc1)c1c(-c2ccc(O)cc2)sc2cc(O)ccc12. The van der Waals surface area contributed by atoms with E-state index in [-0.39, 0.29) is 23.1 Å². The third-order valence-corrected chi connectivity index (χ3v) is 9.98. The average molecular weight is 718 g/mol. The van der Waals surface area contributed by atoms with Gasteiger partial charge in [-0.1, -0.05) is 6.42 Å². The van der Waals surface area contributed by atoms with Crippen molar-refractivity contribution in [1.29, 1.82) is 0 Å². The molecule has 2 saturated heterocycles. The van der Waals surface area contributed by atoms with Gasteiger partial charge in [0.25, 0.3) is 5.91 Å². The highest BCUT2D eigenvalue weighted by Crippen LogP contribution is 2.41. The van der Waals surface area contributed by atoms with Gasteiger partial charge in [-0.05, 0) is 98.2 Å². The van der Waals surface area contributed by atoms with Crippen molar-refractivity contribution in [2.75, 3.05) is 32.8 Å². The van der Waals surface area contributed by atoms with Gasteiger partial charge in [-0.3, -0.25) is 14.5 Å². The first-order chi connectivity index (χ1) is 24.6. The summed E-state index contributed by atoms with van der Waals surface area (Å²) in [6.45, 7) is 3.41. The number of piperidine rings is 1. The number of likely N-dealkylation sites (tertiary alicyclic amines) is 1. The molecule has 4 atom stereocenters.